The molecular formula is C21H32N2O2. The van der Waals surface area contributed by atoms with Gasteiger partial charge in [-0.15, -0.1) is 0 Å². The number of carbonyl (C=O) groups excluding carboxylic acids is 2. The lowest BCUT2D eigenvalue weighted by Crippen LogP contribution is -2.39. The van der Waals surface area contributed by atoms with Gasteiger partial charge in [0.15, 0.2) is 0 Å². The Morgan fingerprint density at radius 3 is 2.12 bits per heavy atom. The predicted octanol–water partition coefficient (Wildman–Crippen LogP) is 4.39. The lowest BCUT2D eigenvalue weighted by Gasteiger charge is -2.31. The van der Waals surface area contributed by atoms with Crippen LogP contribution < -0.4 is 5.32 Å². The van der Waals surface area contributed by atoms with Gasteiger partial charge in [0.1, 0.15) is 0 Å². The molecule has 0 aliphatic heterocycles. The zero-order valence-corrected chi connectivity index (χ0v) is 15.9. The van der Waals surface area contributed by atoms with Crippen LogP contribution >= 0.6 is 0 Å². The summed E-state index contributed by atoms with van der Waals surface area (Å²) in [5.41, 5.74) is 1.97. The Labute approximate surface area is 152 Å². The Morgan fingerprint density at radius 1 is 1.00 bits per heavy atom. The van der Waals surface area contributed by atoms with E-state index in [9.17, 15) is 9.59 Å². The molecule has 1 saturated carbocycles. The third-order valence-electron chi connectivity index (χ3n) is 5.15. The zero-order valence-electron chi connectivity index (χ0n) is 15.9. The quantitative estimate of drug-likeness (QED) is 0.797. The van der Waals surface area contributed by atoms with Crippen molar-refractivity contribution in [1.29, 1.82) is 0 Å². The maximum absolute atomic E-state index is 12.7. The van der Waals surface area contributed by atoms with Crippen LogP contribution in [0.3, 0.4) is 0 Å². The van der Waals surface area contributed by atoms with Crippen molar-refractivity contribution in [1.82, 2.24) is 4.90 Å². The number of amides is 2. The second-order valence-corrected chi connectivity index (χ2v) is 7.18. The molecule has 0 atom stereocenters. The highest BCUT2D eigenvalue weighted by molar-refractivity contribution is 5.93. The normalized spacial score (nSPS) is 20.1. The van der Waals surface area contributed by atoms with E-state index in [0.29, 0.717) is 5.91 Å². The molecule has 1 aromatic carbocycles. The number of rotatable bonds is 7. The number of benzene rings is 1. The third-order valence-corrected chi connectivity index (χ3v) is 5.15. The highest BCUT2D eigenvalue weighted by Gasteiger charge is 2.31. The first-order chi connectivity index (χ1) is 12.1. The number of nitrogens with zero attached hydrogens (tertiary/aromatic N) is 1. The van der Waals surface area contributed by atoms with Gasteiger partial charge in [0.25, 0.3) is 0 Å². The molecule has 0 bridgehead atoms. The summed E-state index contributed by atoms with van der Waals surface area (Å²) >= 11 is 0. The molecule has 1 fully saturated rings. The Balaban J connectivity index is 1.87. The molecule has 0 aromatic heterocycles. The van der Waals surface area contributed by atoms with Gasteiger partial charge in [-0.3, -0.25) is 9.59 Å². The minimum Gasteiger partial charge on any atom is -0.342 e. The number of nitrogens with one attached hydrogen (secondary N) is 1. The maximum Gasteiger partial charge on any atom is 0.227 e. The molecule has 1 aliphatic rings. The second kappa shape index (κ2) is 9.59. The Morgan fingerprint density at radius 2 is 1.56 bits per heavy atom. The maximum atomic E-state index is 12.7. The average molecular weight is 344 g/mol. The van der Waals surface area contributed by atoms with Gasteiger partial charge >= 0.3 is 0 Å². The van der Waals surface area contributed by atoms with E-state index in [2.05, 4.69) is 19.2 Å². The van der Waals surface area contributed by atoms with Gasteiger partial charge in [0.05, 0.1) is 0 Å². The minimum atomic E-state index is 0.0226. The Bertz CT molecular complexity index is 571. The van der Waals surface area contributed by atoms with Crippen molar-refractivity contribution in [2.24, 2.45) is 11.8 Å². The zero-order chi connectivity index (χ0) is 18.2. The van der Waals surface area contributed by atoms with Crippen molar-refractivity contribution in [2.45, 2.75) is 59.3 Å². The van der Waals surface area contributed by atoms with Crippen molar-refractivity contribution in [3.05, 3.63) is 29.8 Å². The van der Waals surface area contributed by atoms with Crippen LogP contribution in [0.5, 0.6) is 0 Å². The second-order valence-electron chi connectivity index (χ2n) is 7.18. The van der Waals surface area contributed by atoms with Gasteiger partial charge in [0.2, 0.25) is 11.8 Å². The minimum absolute atomic E-state index is 0.0226. The highest BCUT2D eigenvalue weighted by Crippen LogP contribution is 2.31. The summed E-state index contributed by atoms with van der Waals surface area (Å²) in [7, 11) is 0. The molecule has 1 N–H and O–H groups in total. The first kappa shape index (κ1) is 19.5. The van der Waals surface area contributed by atoms with Crippen LogP contribution in [0.25, 0.3) is 0 Å². The lowest BCUT2D eigenvalue weighted by molar-refractivity contribution is -0.138. The van der Waals surface area contributed by atoms with Crippen LogP contribution in [0.2, 0.25) is 0 Å². The topological polar surface area (TPSA) is 49.4 Å². The molecule has 25 heavy (non-hydrogen) atoms. The summed E-state index contributed by atoms with van der Waals surface area (Å²) in [6.07, 6.45) is 5.27. The van der Waals surface area contributed by atoms with Crippen LogP contribution in [0.15, 0.2) is 24.3 Å². The molecule has 2 rings (SSSR count). The molecular weight excluding hydrogens is 312 g/mol. The van der Waals surface area contributed by atoms with Gasteiger partial charge in [0, 0.05) is 30.6 Å². The summed E-state index contributed by atoms with van der Waals surface area (Å²) in [6.45, 7) is 7.92. The van der Waals surface area contributed by atoms with Crippen LogP contribution in [-0.2, 0) is 9.59 Å². The first-order valence-corrected chi connectivity index (χ1v) is 9.72. The van der Waals surface area contributed by atoms with E-state index < -0.39 is 0 Å². The molecule has 1 aromatic rings. The number of para-hydroxylation sites is 1. The average Bonchev–Trinajstić information content (AvgIpc) is 2.63. The number of hydrogen-bond donors (Lipinski definition) is 1. The van der Waals surface area contributed by atoms with Crippen LogP contribution in [0.4, 0.5) is 5.69 Å². The van der Waals surface area contributed by atoms with Gasteiger partial charge < -0.3 is 10.2 Å². The van der Waals surface area contributed by atoms with E-state index in [4.69, 9.17) is 0 Å². The van der Waals surface area contributed by atoms with Crippen molar-refractivity contribution in [2.75, 3.05) is 18.4 Å². The fourth-order valence-electron chi connectivity index (χ4n) is 3.68. The van der Waals surface area contributed by atoms with Gasteiger partial charge in [-0.05, 0) is 57.1 Å². The first-order valence-electron chi connectivity index (χ1n) is 9.72. The molecule has 0 unspecified atom stereocenters. The van der Waals surface area contributed by atoms with E-state index in [1.165, 1.54) is 0 Å². The summed E-state index contributed by atoms with van der Waals surface area (Å²) in [4.78, 5) is 27.3. The van der Waals surface area contributed by atoms with Crippen molar-refractivity contribution in [3.63, 3.8) is 0 Å². The summed E-state index contributed by atoms with van der Waals surface area (Å²) < 4.78 is 0. The molecule has 2 amide bonds. The van der Waals surface area contributed by atoms with Crippen LogP contribution in [0.1, 0.15) is 57.9 Å². The van der Waals surface area contributed by atoms with E-state index in [1.807, 2.05) is 36.1 Å². The standard InChI is InChI=1S/C21H32N2O2/c1-4-14-23(15-5-2)21(25)18-12-10-17(11-13-18)20(24)22-19-9-7-6-8-16(19)3/h6-9,17-18H,4-5,10-15H2,1-3H3,(H,22,24). The monoisotopic (exact) mass is 344 g/mol. The van der Waals surface area contributed by atoms with E-state index in [-0.39, 0.29) is 17.7 Å². The number of aryl methyl sites for hydroxylation is 1. The van der Waals surface area contributed by atoms with Crippen molar-refractivity contribution in [3.8, 4) is 0 Å². The SMILES string of the molecule is CCCN(CCC)C(=O)C1CCC(C(=O)Nc2ccccc2C)CC1. The van der Waals surface area contributed by atoms with Crippen molar-refractivity contribution >= 4 is 17.5 Å². The van der Waals surface area contributed by atoms with E-state index in [1.54, 1.807) is 0 Å². The molecule has 4 nitrogen and oxygen atoms in total. The molecule has 0 spiro atoms. The fourth-order valence-corrected chi connectivity index (χ4v) is 3.68. The lowest BCUT2D eigenvalue weighted by atomic mass is 9.80. The number of anilines is 1. The fraction of sp³-hybridized carbons (Fsp3) is 0.619. The molecule has 1 aliphatic carbocycles. The smallest absolute Gasteiger partial charge is 0.227 e. The summed E-state index contributed by atoms with van der Waals surface area (Å²) in [5, 5.41) is 3.05. The third kappa shape index (κ3) is 5.32. The van der Waals surface area contributed by atoms with Crippen LogP contribution in [-0.4, -0.2) is 29.8 Å². The van der Waals surface area contributed by atoms with Gasteiger partial charge in [-0.1, -0.05) is 32.0 Å². The molecule has 0 radical (unpaired) electrons. The number of hydrogen-bond acceptors (Lipinski definition) is 2. The molecule has 138 valence electrons. The Kier molecular flexibility index (Phi) is 7.48. The number of carbonyl (C=O) groups is 2. The molecule has 4 heteroatoms. The van der Waals surface area contributed by atoms with Crippen LogP contribution in [0, 0.1) is 18.8 Å². The van der Waals surface area contributed by atoms with Gasteiger partial charge in [-0.2, -0.15) is 0 Å². The molecule has 0 saturated heterocycles. The van der Waals surface area contributed by atoms with Crippen molar-refractivity contribution < 1.29 is 9.59 Å². The predicted molar refractivity (Wildman–Crippen MR) is 102 cm³/mol. The summed E-state index contributed by atoms with van der Waals surface area (Å²) in [5.74, 6) is 0.510. The van der Waals surface area contributed by atoms with E-state index >= 15 is 0 Å². The van der Waals surface area contributed by atoms with Gasteiger partial charge in [-0.25, -0.2) is 0 Å². The highest BCUT2D eigenvalue weighted by atomic mass is 16.2. The largest absolute Gasteiger partial charge is 0.342 e. The molecule has 0 heterocycles. The summed E-state index contributed by atoms with van der Waals surface area (Å²) in [6, 6.07) is 7.85. The van der Waals surface area contributed by atoms with E-state index in [0.717, 1.165) is 62.9 Å². The Hall–Kier alpha value is -1.84.